The van der Waals surface area contributed by atoms with Crippen LogP contribution in [0.5, 0.6) is 5.75 Å². The first-order valence-electron chi connectivity index (χ1n) is 12.2. The van der Waals surface area contributed by atoms with Crippen LogP contribution in [0.3, 0.4) is 0 Å². The Morgan fingerprint density at radius 2 is 1.72 bits per heavy atom. The van der Waals surface area contributed by atoms with E-state index in [9.17, 15) is 28.3 Å². The number of carboxylic acids is 1. The van der Waals surface area contributed by atoms with Crippen molar-refractivity contribution in [2.75, 3.05) is 19.7 Å². The molecule has 2 N–H and O–H groups in total. The van der Waals surface area contributed by atoms with Gasteiger partial charge in [-0.3, -0.25) is 9.59 Å². The highest BCUT2D eigenvalue weighted by Gasteiger charge is 2.26. The molecular weight excluding hydrogens is 470 g/mol. The van der Waals surface area contributed by atoms with Crippen molar-refractivity contribution < 1.29 is 33.0 Å². The number of amides is 2. The fourth-order valence-corrected chi connectivity index (χ4v) is 4.33. The van der Waals surface area contributed by atoms with Gasteiger partial charge in [0, 0.05) is 32.4 Å². The van der Waals surface area contributed by atoms with Gasteiger partial charge in [-0.05, 0) is 67.5 Å². The van der Waals surface area contributed by atoms with E-state index in [1.54, 1.807) is 0 Å². The number of rotatable bonds is 11. The van der Waals surface area contributed by atoms with Gasteiger partial charge in [-0.2, -0.15) is 0 Å². The number of carbonyl (C=O) groups excluding carboxylic acids is 2. The van der Waals surface area contributed by atoms with Crippen LogP contribution in [0, 0.1) is 17.6 Å². The average molecular weight is 503 g/mol. The lowest BCUT2D eigenvalue weighted by atomic mass is 9.92. The number of carbonyl (C=O) groups is 3. The second-order valence-corrected chi connectivity index (χ2v) is 9.02. The van der Waals surface area contributed by atoms with Crippen LogP contribution in [-0.2, 0) is 27.2 Å². The highest BCUT2D eigenvalue weighted by atomic mass is 19.2. The number of likely N-dealkylation sites (tertiary alicyclic amines) is 1. The molecule has 0 radical (unpaired) electrons. The topological polar surface area (TPSA) is 95.9 Å². The van der Waals surface area contributed by atoms with Crippen LogP contribution in [0.1, 0.15) is 43.7 Å². The molecule has 1 fully saturated rings. The van der Waals surface area contributed by atoms with E-state index < -0.39 is 29.6 Å². The molecule has 194 valence electrons. The van der Waals surface area contributed by atoms with Crippen molar-refractivity contribution in [1.82, 2.24) is 10.2 Å². The maximum atomic E-state index is 13.4. The summed E-state index contributed by atoms with van der Waals surface area (Å²) in [6.07, 6.45) is 2.35. The summed E-state index contributed by atoms with van der Waals surface area (Å²) in [5.74, 6) is -2.83. The van der Waals surface area contributed by atoms with Crippen LogP contribution in [-0.4, -0.2) is 53.5 Å². The van der Waals surface area contributed by atoms with Gasteiger partial charge < -0.3 is 20.1 Å². The second-order valence-electron chi connectivity index (χ2n) is 9.02. The summed E-state index contributed by atoms with van der Waals surface area (Å²) in [6, 6.07) is 9.62. The molecule has 0 bridgehead atoms. The van der Waals surface area contributed by atoms with Gasteiger partial charge in [-0.25, -0.2) is 13.6 Å². The molecule has 2 aromatic rings. The Labute approximate surface area is 209 Å². The van der Waals surface area contributed by atoms with Gasteiger partial charge >= 0.3 is 5.97 Å². The third-order valence-electron chi connectivity index (χ3n) is 6.36. The largest absolute Gasteiger partial charge is 0.494 e. The van der Waals surface area contributed by atoms with E-state index in [-0.39, 0.29) is 30.2 Å². The summed E-state index contributed by atoms with van der Waals surface area (Å²) in [4.78, 5) is 38.5. The summed E-state index contributed by atoms with van der Waals surface area (Å²) in [5.41, 5.74) is 1.34. The maximum Gasteiger partial charge on any atom is 0.326 e. The van der Waals surface area contributed by atoms with E-state index >= 15 is 0 Å². The average Bonchev–Trinajstić information content (AvgIpc) is 2.86. The van der Waals surface area contributed by atoms with Gasteiger partial charge in [-0.15, -0.1) is 0 Å². The molecule has 1 heterocycles. The summed E-state index contributed by atoms with van der Waals surface area (Å²) in [7, 11) is 0. The molecule has 3 rings (SSSR count). The monoisotopic (exact) mass is 502 g/mol. The van der Waals surface area contributed by atoms with E-state index in [2.05, 4.69) is 5.32 Å². The zero-order valence-electron chi connectivity index (χ0n) is 20.3. The van der Waals surface area contributed by atoms with E-state index in [4.69, 9.17) is 4.74 Å². The van der Waals surface area contributed by atoms with E-state index in [0.717, 1.165) is 23.4 Å². The molecule has 1 atom stereocenters. The highest BCUT2D eigenvalue weighted by molar-refractivity contribution is 5.84. The number of aryl methyl sites for hydroxylation is 1. The van der Waals surface area contributed by atoms with Crippen LogP contribution >= 0.6 is 0 Å². The number of hydrogen-bond donors (Lipinski definition) is 2. The summed E-state index contributed by atoms with van der Waals surface area (Å²) < 4.78 is 32.0. The van der Waals surface area contributed by atoms with E-state index in [1.807, 2.05) is 36.1 Å². The maximum absolute atomic E-state index is 13.4. The number of hydrogen-bond acceptors (Lipinski definition) is 4. The number of carboxylic acid groups (broad SMARTS) is 1. The molecule has 0 saturated carbocycles. The quantitative estimate of drug-likeness (QED) is 0.488. The number of ether oxygens (including phenoxy) is 1. The smallest absolute Gasteiger partial charge is 0.326 e. The molecule has 1 saturated heterocycles. The molecule has 7 nitrogen and oxygen atoms in total. The Kier molecular flexibility index (Phi) is 9.78. The van der Waals surface area contributed by atoms with Crippen LogP contribution in [0.4, 0.5) is 8.78 Å². The lowest BCUT2D eigenvalue weighted by molar-refractivity contribution is -0.142. The van der Waals surface area contributed by atoms with Crippen molar-refractivity contribution in [2.24, 2.45) is 5.92 Å². The van der Waals surface area contributed by atoms with E-state index in [0.29, 0.717) is 45.4 Å². The van der Waals surface area contributed by atoms with Crippen LogP contribution in [0.15, 0.2) is 42.5 Å². The fourth-order valence-electron chi connectivity index (χ4n) is 4.33. The van der Waals surface area contributed by atoms with Crippen molar-refractivity contribution in [1.29, 1.82) is 0 Å². The lowest BCUT2D eigenvalue weighted by Gasteiger charge is -2.32. The van der Waals surface area contributed by atoms with Gasteiger partial charge in [0.15, 0.2) is 11.6 Å². The normalized spacial score (nSPS) is 14.8. The SMILES string of the molecule is CCOc1ccc(CCC(=O)N2CCC(CC(=O)NC(Cc3ccc(F)c(F)c3)C(=O)O)CC2)cc1. The molecule has 0 aromatic heterocycles. The van der Waals surface area contributed by atoms with Crippen LogP contribution in [0.25, 0.3) is 0 Å². The Balaban J connectivity index is 1.41. The minimum atomic E-state index is -1.25. The van der Waals surface area contributed by atoms with Crippen molar-refractivity contribution in [3.63, 3.8) is 0 Å². The molecule has 1 unspecified atom stereocenters. The van der Waals surface area contributed by atoms with Gasteiger partial charge in [0.25, 0.3) is 0 Å². The highest BCUT2D eigenvalue weighted by Crippen LogP contribution is 2.22. The van der Waals surface area contributed by atoms with Gasteiger partial charge in [0.1, 0.15) is 11.8 Å². The zero-order valence-corrected chi connectivity index (χ0v) is 20.3. The Bertz CT molecular complexity index is 1050. The van der Waals surface area contributed by atoms with Crippen molar-refractivity contribution in [3.05, 3.63) is 65.2 Å². The predicted molar refractivity (Wildman–Crippen MR) is 129 cm³/mol. The third-order valence-corrected chi connectivity index (χ3v) is 6.36. The van der Waals surface area contributed by atoms with Crippen LogP contribution in [0.2, 0.25) is 0 Å². The third kappa shape index (κ3) is 8.03. The summed E-state index contributed by atoms with van der Waals surface area (Å²) in [5, 5.41) is 11.9. The van der Waals surface area contributed by atoms with Gasteiger partial charge in [0.2, 0.25) is 11.8 Å². The zero-order chi connectivity index (χ0) is 26.1. The number of nitrogens with zero attached hydrogens (tertiary/aromatic N) is 1. The first-order chi connectivity index (χ1) is 17.2. The number of nitrogens with one attached hydrogen (secondary N) is 1. The predicted octanol–water partition coefficient (Wildman–Crippen LogP) is 3.74. The number of aliphatic carboxylic acids is 1. The molecule has 1 aliphatic heterocycles. The number of benzene rings is 2. The lowest BCUT2D eigenvalue weighted by Crippen LogP contribution is -2.44. The van der Waals surface area contributed by atoms with E-state index in [1.165, 1.54) is 6.07 Å². The summed E-state index contributed by atoms with van der Waals surface area (Å²) >= 11 is 0. The Hall–Kier alpha value is -3.49. The van der Waals surface area contributed by atoms with Gasteiger partial charge in [-0.1, -0.05) is 18.2 Å². The molecule has 0 spiro atoms. The van der Waals surface area contributed by atoms with Crippen molar-refractivity contribution >= 4 is 17.8 Å². The molecule has 2 aromatic carbocycles. The Morgan fingerprint density at radius 1 is 1.06 bits per heavy atom. The second kappa shape index (κ2) is 13.0. The van der Waals surface area contributed by atoms with Crippen molar-refractivity contribution in [3.8, 4) is 5.75 Å². The number of halogens is 2. The molecule has 36 heavy (non-hydrogen) atoms. The Morgan fingerprint density at radius 3 is 2.33 bits per heavy atom. The molecule has 1 aliphatic rings. The fraction of sp³-hybridized carbons (Fsp3) is 0.444. The molecule has 2 amide bonds. The molecular formula is C27H32F2N2O5. The van der Waals surface area contributed by atoms with Gasteiger partial charge in [0.05, 0.1) is 6.61 Å². The minimum absolute atomic E-state index is 0.0397. The molecule has 9 heteroatoms. The van der Waals surface area contributed by atoms with Crippen LogP contribution < -0.4 is 10.1 Å². The molecule has 0 aliphatic carbocycles. The standard InChI is InChI=1S/C27H32F2N2O5/c1-2-36-21-7-3-18(4-8-21)6-10-26(33)31-13-11-19(12-14-31)17-25(32)30-24(27(34)35)16-20-5-9-22(28)23(29)15-20/h3-5,7-9,15,19,24H,2,6,10-14,16-17H2,1H3,(H,30,32)(H,34,35). The first-order valence-corrected chi connectivity index (χ1v) is 12.2. The van der Waals surface area contributed by atoms with Crippen molar-refractivity contribution in [2.45, 2.75) is 51.5 Å². The summed E-state index contributed by atoms with van der Waals surface area (Å²) in [6.45, 7) is 3.63. The number of piperidine rings is 1. The first kappa shape index (κ1) is 27.1. The minimum Gasteiger partial charge on any atom is -0.494 e.